The minimum atomic E-state index is -0.331. The highest BCUT2D eigenvalue weighted by molar-refractivity contribution is 8.14. The maximum absolute atomic E-state index is 10.8. The molecule has 10 heavy (non-hydrogen) atoms. The number of rotatable bonds is 1. The zero-order valence-electron chi connectivity index (χ0n) is 5.51. The summed E-state index contributed by atoms with van der Waals surface area (Å²) in [5.74, 6) is 0.414. The number of thioether (sulfide) groups is 1. The van der Waals surface area contributed by atoms with Crippen LogP contribution in [-0.2, 0) is 4.79 Å². The number of amides is 2. The molecule has 1 heterocycles. The molecule has 0 aromatic heterocycles. The van der Waals surface area contributed by atoms with Crippen LogP contribution >= 0.6 is 11.8 Å². The Hall–Kier alpha value is -0.710. The lowest BCUT2D eigenvalue weighted by Crippen LogP contribution is -2.41. The van der Waals surface area contributed by atoms with Gasteiger partial charge in [-0.2, -0.15) is 0 Å². The highest BCUT2D eigenvalue weighted by Crippen LogP contribution is 2.12. The summed E-state index contributed by atoms with van der Waals surface area (Å²) in [7, 11) is 1.55. The molecule has 0 saturated carbocycles. The van der Waals surface area contributed by atoms with Crippen molar-refractivity contribution in [3.63, 3.8) is 0 Å². The van der Waals surface area contributed by atoms with Gasteiger partial charge in [0.15, 0.2) is 0 Å². The molecule has 0 radical (unpaired) electrons. The van der Waals surface area contributed by atoms with Gasteiger partial charge in [0.1, 0.15) is 6.04 Å². The number of nitrogens with one attached hydrogen (secondary N) is 2. The predicted molar refractivity (Wildman–Crippen MR) is 38.8 cm³/mol. The summed E-state index contributed by atoms with van der Waals surface area (Å²) in [5, 5.41) is 4.86. The van der Waals surface area contributed by atoms with Gasteiger partial charge in [0.05, 0.1) is 0 Å². The summed E-state index contributed by atoms with van der Waals surface area (Å²) in [4.78, 5) is 21.4. The monoisotopic (exact) mass is 160 g/mol. The van der Waals surface area contributed by atoms with Crippen LogP contribution in [-0.4, -0.2) is 30.0 Å². The molecule has 4 nitrogen and oxygen atoms in total. The number of hydrogen-bond donors (Lipinski definition) is 2. The first-order valence-electron chi connectivity index (χ1n) is 2.89. The van der Waals surface area contributed by atoms with Gasteiger partial charge in [-0.15, -0.1) is 0 Å². The smallest absolute Gasteiger partial charge is 0.279 e. The lowest BCUT2D eigenvalue weighted by molar-refractivity contribution is -0.121. The summed E-state index contributed by atoms with van der Waals surface area (Å²) >= 11 is 1.14. The fourth-order valence-corrected chi connectivity index (χ4v) is 1.48. The molecule has 1 rings (SSSR count). The van der Waals surface area contributed by atoms with E-state index in [9.17, 15) is 9.59 Å². The van der Waals surface area contributed by atoms with Gasteiger partial charge < -0.3 is 10.6 Å². The summed E-state index contributed by atoms with van der Waals surface area (Å²) in [5.41, 5.74) is 0. The van der Waals surface area contributed by atoms with Crippen LogP contribution < -0.4 is 10.6 Å². The van der Waals surface area contributed by atoms with E-state index in [1.54, 1.807) is 7.05 Å². The lowest BCUT2D eigenvalue weighted by atomic mass is 10.3. The largest absolute Gasteiger partial charge is 0.357 e. The van der Waals surface area contributed by atoms with Crippen LogP contribution in [0.4, 0.5) is 4.79 Å². The Morgan fingerprint density at radius 2 is 2.60 bits per heavy atom. The first-order valence-corrected chi connectivity index (χ1v) is 3.87. The van der Waals surface area contributed by atoms with Gasteiger partial charge in [0.2, 0.25) is 5.91 Å². The maximum atomic E-state index is 10.8. The molecule has 0 aliphatic carbocycles. The Labute approximate surface area is 62.7 Å². The van der Waals surface area contributed by atoms with Crippen LogP contribution in [0.2, 0.25) is 0 Å². The molecule has 1 aliphatic rings. The Bertz CT molecular complexity index is 171. The first-order chi connectivity index (χ1) is 4.74. The molecular formula is C5H8N2O2S. The Balaban J connectivity index is 2.44. The molecule has 0 spiro atoms. The molecule has 1 fully saturated rings. The van der Waals surface area contributed by atoms with Crippen molar-refractivity contribution in [3.8, 4) is 0 Å². The minimum Gasteiger partial charge on any atom is -0.357 e. The average Bonchev–Trinajstić information content (AvgIpc) is 2.34. The summed E-state index contributed by atoms with van der Waals surface area (Å²) in [6.07, 6.45) is 0. The van der Waals surface area contributed by atoms with E-state index in [1.165, 1.54) is 0 Å². The average molecular weight is 160 g/mol. The highest BCUT2D eigenvalue weighted by Gasteiger charge is 2.26. The second-order valence-electron chi connectivity index (χ2n) is 1.91. The first kappa shape index (κ1) is 7.40. The summed E-state index contributed by atoms with van der Waals surface area (Å²) < 4.78 is 0. The molecule has 0 bridgehead atoms. The fraction of sp³-hybridized carbons (Fsp3) is 0.600. The van der Waals surface area contributed by atoms with Crippen molar-refractivity contribution in [2.75, 3.05) is 12.8 Å². The number of carbonyl (C=O) groups is 2. The van der Waals surface area contributed by atoms with Crippen LogP contribution in [0, 0.1) is 0 Å². The standard InChI is InChI=1S/C5H8N2O2S/c1-6-4(8)3-2-10-5(9)7-3/h3H,2H2,1H3,(H,6,8)(H,7,9). The zero-order chi connectivity index (χ0) is 7.56. The molecule has 1 unspecified atom stereocenters. The third-order valence-electron chi connectivity index (χ3n) is 1.24. The molecule has 1 aliphatic heterocycles. The van der Waals surface area contributed by atoms with Crippen LogP contribution in [0.3, 0.4) is 0 Å². The van der Waals surface area contributed by atoms with Crippen molar-refractivity contribution in [2.45, 2.75) is 6.04 Å². The number of carbonyl (C=O) groups excluding carboxylic acids is 2. The van der Waals surface area contributed by atoms with E-state index in [0.29, 0.717) is 5.75 Å². The van der Waals surface area contributed by atoms with Gasteiger partial charge in [-0.25, -0.2) is 0 Å². The van der Waals surface area contributed by atoms with E-state index >= 15 is 0 Å². The second kappa shape index (κ2) is 2.92. The molecule has 0 aromatic carbocycles. The zero-order valence-corrected chi connectivity index (χ0v) is 6.33. The van der Waals surface area contributed by atoms with Crippen LogP contribution in [0.15, 0.2) is 0 Å². The van der Waals surface area contributed by atoms with E-state index in [2.05, 4.69) is 10.6 Å². The van der Waals surface area contributed by atoms with Crippen molar-refractivity contribution >= 4 is 22.9 Å². The maximum Gasteiger partial charge on any atom is 0.279 e. The number of likely N-dealkylation sites (N-methyl/N-ethyl adjacent to an activating group) is 1. The molecule has 56 valence electrons. The molecule has 2 amide bonds. The van der Waals surface area contributed by atoms with Crippen molar-refractivity contribution in [1.29, 1.82) is 0 Å². The van der Waals surface area contributed by atoms with Crippen molar-refractivity contribution in [2.24, 2.45) is 0 Å². The van der Waals surface area contributed by atoms with E-state index in [-0.39, 0.29) is 17.2 Å². The third kappa shape index (κ3) is 1.41. The molecule has 5 heteroatoms. The summed E-state index contributed by atoms with van der Waals surface area (Å²) in [6, 6.07) is -0.331. The fourth-order valence-electron chi connectivity index (χ4n) is 0.700. The van der Waals surface area contributed by atoms with E-state index < -0.39 is 0 Å². The van der Waals surface area contributed by atoms with E-state index in [4.69, 9.17) is 0 Å². The Morgan fingerprint density at radius 1 is 1.90 bits per heavy atom. The highest BCUT2D eigenvalue weighted by atomic mass is 32.2. The summed E-state index contributed by atoms with van der Waals surface area (Å²) in [6.45, 7) is 0. The number of hydrogen-bond acceptors (Lipinski definition) is 3. The Kier molecular flexibility index (Phi) is 2.16. The second-order valence-corrected chi connectivity index (χ2v) is 2.90. The quantitative estimate of drug-likeness (QED) is 0.546. The van der Waals surface area contributed by atoms with Crippen LogP contribution in [0.5, 0.6) is 0 Å². The van der Waals surface area contributed by atoms with Crippen molar-refractivity contribution in [1.82, 2.24) is 10.6 Å². The van der Waals surface area contributed by atoms with Gasteiger partial charge in [0.25, 0.3) is 5.24 Å². The topological polar surface area (TPSA) is 58.2 Å². The van der Waals surface area contributed by atoms with Crippen molar-refractivity contribution in [3.05, 3.63) is 0 Å². The van der Waals surface area contributed by atoms with Crippen LogP contribution in [0.1, 0.15) is 0 Å². The van der Waals surface area contributed by atoms with Gasteiger partial charge >= 0.3 is 0 Å². The van der Waals surface area contributed by atoms with E-state index in [0.717, 1.165) is 11.8 Å². The predicted octanol–water partition coefficient (Wildman–Crippen LogP) is -0.443. The van der Waals surface area contributed by atoms with Crippen LogP contribution in [0.25, 0.3) is 0 Å². The lowest BCUT2D eigenvalue weighted by Gasteiger charge is -2.04. The van der Waals surface area contributed by atoms with Gasteiger partial charge in [-0.3, -0.25) is 9.59 Å². The van der Waals surface area contributed by atoms with Gasteiger partial charge in [-0.05, 0) is 0 Å². The molecular weight excluding hydrogens is 152 g/mol. The normalized spacial score (nSPS) is 24.1. The molecule has 0 aromatic rings. The van der Waals surface area contributed by atoms with E-state index in [1.807, 2.05) is 0 Å². The molecule has 2 N–H and O–H groups in total. The Morgan fingerprint density at radius 3 is 3.00 bits per heavy atom. The molecule has 1 atom stereocenters. The SMILES string of the molecule is CNC(=O)C1CSC(=O)N1. The van der Waals surface area contributed by atoms with Gasteiger partial charge in [-0.1, -0.05) is 11.8 Å². The third-order valence-corrected chi connectivity index (χ3v) is 2.12. The molecule has 1 saturated heterocycles. The van der Waals surface area contributed by atoms with Gasteiger partial charge in [0, 0.05) is 12.8 Å². The van der Waals surface area contributed by atoms with Crippen molar-refractivity contribution < 1.29 is 9.59 Å². The minimum absolute atomic E-state index is 0.117.